The summed E-state index contributed by atoms with van der Waals surface area (Å²) in [6, 6.07) is 4.58. The van der Waals surface area contributed by atoms with Gasteiger partial charge >= 0.3 is 0 Å². The predicted octanol–water partition coefficient (Wildman–Crippen LogP) is 3.45. The van der Waals surface area contributed by atoms with Crippen LogP contribution in [0.3, 0.4) is 0 Å². The number of carbonyl (C=O) groups is 1. The minimum atomic E-state index is 0.0683. The Hall–Kier alpha value is -0.920. The molecule has 1 saturated carbocycles. The first-order valence-electron chi connectivity index (χ1n) is 6.52. The lowest BCUT2D eigenvalue weighted by molar-refractivity contribution is -0.116. The highest BCUT2D eigenvalue weighted by molar-refractivity contribution is 8.01. The summed E-state index contributed by atoms with van der Waals surface area (Å²) in [5.41, 5.74) is 0. The number of hydrogen-bond acceptors (Lipinski definition) is 6. The Balaban J connectivity index is 1.57. The molecule has 1 aliphatic rings. The summed E-state index contributed by atoms with van der Waals surface area (Å²) >= 11 is 5.02. The third kappa shape index (κ3) is 3.39. The Morgan fingerprint density at radius 1 is 1.50 bits per heavy atom. The predicted molar refractivity (Wildman–Crippen MR) is 84.8 cm³/mol. The molecule has 0 unspecified atom stereocenters. The van der Waals surface area contributed by atoms with Gasteiger partial charge in [-0.05, 0) is 30.7 Å². The zero-order chi connectivity index (χ0) is 13.9. The van der Waals surface area contributed by atoms with Crippen molar-refractivity contribution in [3.63, 3.8) is 0 Å². The molecule has 3 rings (SSSR count). The van der Waals surface area contributed by atoms with Crippen molar-refractivity contribution in [3.8, 4) is 0 Å². The molecule has 4 nitrogen and oxygen atoms in total. The molecule has 0 bridgehead atoms. The summed E-state index contributed by atoms with van der Waals surface area (Å²) in [7, 11) is 0. The van der Waals surface area contributed by atoms with Gasteiger partial charge < -0.3 is 0 Å². The molecule has 7 heteroatoms. The van der Waals surface area contributed by atoms with Gasteiger partial charge in [-0.2, -0.15) is 0 Å². The Labute approximate surface area is 130 Å². The van der Waals surface area contributed by atoms with Crippen LogP contribution in [0.4, 0.5) is 5.13 Å². The van der Waals surface area contributed by atoms with E-state index in [1.54, 1.807) is 34.9 Å². The summed E-state index contributed by atoms with van der Waals surface area (Å²) in [4.78, 5) is 14.9. The lowest BCUT2D eigenvalue weighted by atomic mass is 10.4. The van der Waals surface area contributed by atoms with Crippen LogP contribution < -0.4 is 4.90 Å². The molecule has 1 fully saturated rings. The van der Waals surface area contributed by atoms with Gasteiger partial charge in [0.1, 0.15) is 0 Å². The maximum absolute atomic E-state index is 11.7. The fourth-order valence-corrected chi connectivity index (χ4v) is 4.77. The Bertz CT molecular complexity index is 577. The SMILES string of the molecule is CC(=O)N(c1nnc(SCCc2cccs2)s1)C1CC1. The average molecular weight is 325 g/mol. The van der Waals surface area contributed by atoms with E-state index in [1.807, 2.05) is 0 Å². The highest BCUT2D eigenvalue weighted by atomic mass is 32.2. The Kier molecular flexibility index (Phi) is 4.38. The van der Waals surface area contributed by atoms with E-state index in [9.17, 15) is 4.79 Å². The first-order chi connectivity index (χ1) is 9.74. The van der Waals surface area contributed by atoms with Gasteiger partial charge in [-0.3, -0.25) is 9.69 Å². The van der Waals surface area contributed by atoms with Crippen molar-refractivity contribution in [3.05, 3.63) is 22.4 Å². The van der Waals surface area contributed by atoms with Crippen LogP contribution in [0.5, 0.6) is 0 Å². The number of anilines is 1. The van der Waals surface area contributed by atoms with E-state index < -0.39 is 0 Å². The van der Waals surface area contributed by atoms with E-state index >= 15 is 0 Å². The highest BCUT2D eigenvalue weighted by Gasteiger charge is 2.34. The van der Waals surface area contributed by atoms with Crippen LogP contribution >= 0.6 is 34.4 Å². The van der Waals surface area contributed by atoms with Crippen LogP contribution in [0.15, 0.2) is 21.9 Å². The first kappa shape index (κ1) is 14.0. The second-order valence-corrected chi connectivity index (χ2v) is 7.98. The quantitative estimate of drug-likeness (QED) is 0.603. The van der Waals surface area contributed by atoms with E-state index in [0.29, 0.717) is 6.04 Å². The van der Waals surface area contributed by atoms with Crippen LogP contribution in [0.2, 0.25) is 0 Å². The van der Waals surface area contributed by atoms with Crippen LogP contribution in [-0.2, 0) is 11.2 Å². The molecule has 0 aliphatic heterocycles. The molecule has 106 valence electrons. The van der Waals surface area contributed by atoms with Gasteiger partial charge in [-0.25, -0.2) is 0 Å². The largest absolute Gasteiger partial charge is 0.284 e. The van der Waals surface area contributed by atoms with Crippen molar-refractivity contribution in [2.45, 2.75) is 36.6 Å². The molecule has 20 heavy (non-hydrogen) atoms. The third-order valence-corrected chi connectivity index (χ3v) is 6.00. The van der Waals surface area contributed by atoms with Gasteiger partial charge in [0.25, 0.3) is 0 Å². The number of nitrogens with zero attached hydrogens (tertiary/aromatic N) is 3. The molecular weight excluding hydrogens is 310 g/mol. The number of thioether (sulfide) groups is 1. The van der Waals surface area contributed by atoms with Gasteiger partial charge in [-0.1, -0.05) is 29.2 Å². The highest BCUT2D eigenvalue weighted by Crippen LogP contribution is 2.35. The molecule has 2 aromatic heterocycles. The smallest absolute Gasteiger partial charge is 0.225 e. The third-order valence-electron chi connectivity index (χ3n) is 3.01. The van der Waals surface area contributed by atoms with E-state index in [0.717, 1.165) is 34.5 Å². The molecule has 2 aromatic rings. The topological polar surface area (TPSA) is 46.1 Å². The lowest BCUT2D eigenvalue weighted by Crippen LogP contribution is -2.30. The van der Waals surface area contributed by atoms with Crippen molar-refractivity contribution in [2.75, 3.05) is 10.7 Å². The molecule has 0 radical (unpaired) electrons. The van der Waals surface area contributed by atoms with Gasteiger partial charge in [0.15, 0.2) is 4.34 Å². The number of aromatic nitrogens is 2. The Morgan fingerprint density at radius 2 is 2.35 bits per heavy atom. The molecule has 0 saturated heterocycles. The molecule has 0 atom stereocenters. The molecule has 1 amide bonds. The summed E-state index contributed by atoms with van der Waals surface area (Å²) in [5.74, 6) is 1.07. The Morgan fingerprint density at radius 3 is 3.00 bits per heavy atom. The van der Waals surface area contributed by atoms with Crippen molar-refractivity contribution in [1.82, 2.24) is 10.2 Å². The van der Waals surface area contributed by atoms with E-state index in [-0.39, 0.29) is 5.91 Å². The van der Waals surface area contributed by atoms with Gasteiger partial charge in [0.2, 0.25) is 11.0 Å². The number of aryl methyl sites for hydroxylation is 1. The van der Waals surface area contributed by atoms with E-state index in [2.05, 4.69) is 27.7 Å². The number of thiophene rings is 1. The zero-order valence-corrected chi connectivity index (χ0v) is 13.6. The maximum Gasteiger partial charge on any atom is 0.225 e. The average Bonchev–Trinajstić information content (AvgIpc) is 2.90. The lowest BCUT2D eigenvalue weighted by Gasteiger charge is -2.15. The van der Waals surface area contributed by atoms with Gasteiger partial charge in [0.05, 0.1) is 0 Å². The van der Waals surface area contributed by atoms with Crippen LogP contribution in [-0.4, -0.2) is 27.9 Å². The number of carbonyl (C=O) groups excluding carboxylic acids is 1. The molecule has 0 aromatic carbocycles. The van der Waals surface area contributed by atoms with Crippen molar-refractivity contribution < 1.29 is 4.79 Å². The number of rotatable bonds is 6. The van der Waals surface area contributed by atoms with Crippen LogP contribution in [0, 0.1) is 0 Å². The summed E-state index contributed by atoms with van der Waals surface area (Å²) < 4.78 is 0.948. The van der Waals surface area contributed by atoms with Crippen molar-refractivity contribution >= 4 is 45.5 Å². The summed E-state index contributed by atoms with van der Waals surface area (Å²) in [5, 5.41) is 11.2. The minimum Gasteiger partial charge on any atom is -0.284 e. The zero-order valence-electron chi connectivity index (χ0n) is 11.1. The normalized spacial score (nSPS) is 14.4. The van der Waals surface area contributed by atoms with E-state index in [4.69, 9.17) is 0 Å². The fourth-order valence-electron chi connectivity index (χ4n) is 1.93. The fraction of sp³-hybridized carbons (Fsp3) is 0.462. The number of amides is 1. The molecule has 2 heterocycles. The van der Waals surface area contributed by atoms with Gasteiger partial charge in [0, 0.05) is 23.6 Å². The van der Waals surface area contributed by atoms with Gasteiger partial charge in [-0.15, -0.1) is 21.5 Å². The van der Waals surface area contributed by atoms with Crippen molar-refractivity contribution in [2.24, 2.45) is 0 Å². The summed E-state index contributed by atoms with van der Waals surface area (Å²) in [6.07, 6.45) is 3.22. The monoisotopic (exact) mass is 325 g/mol. The minimum absolute atomic E-state index is 0.0683. The molecular formula is C13H15N3OS3. The molecule has 0 N–H and O–H groups in total. The molecule has 0 spiro atoms. The van der Waals surface area contributed by atoms with E-state index in [1.165, 1.54) is 16.2 Å². The second kappa shape index (κ2) is 6.24. The summed E-state index contributed by atoms with van der Waals surface area (Å²) in [6.45, 7) is 1.60. The molecule has 1 aliphatic carbocycles. The standard InChI is InChI=1S/C13H15N3OS3/c1-9(17)16(10-4-5-10)12-14-15-13(20-12)19-8-6-11-3-2-7-18-11/h2-3,7,10H,4-6,8H2,1H3. The van der Waals surface area contributed by atoms with Crippen LogP contribution in [0.1, 0.15) is 24.6 Å². The van der Waals surface area contributed by atoms with Crippen molar-refractivity contribution in [1.29, 1.82) is 0 Å². The maximum atomic E-state index is 11.7. The van der Waals surface area contributed by atoms with Crippen LogP contribution in [0.25, 0.3) is 0 Å². The first-order valence-corrected chi connectivity index (χ1v) is 9.20. The second-order valence-electron chi connectivity index (χ2n) is 4.65. The number of hydrogen-bond donors (Lipinski definition) is 0.